The van der Waals surface area contributed by atoms with Gasteiger partial charge < -0.3 is 10.4 Å². The van der Waals surface area contributed by atoms with Gasteiger partial charge in [0.05, 0.1) is 0 Å². The van der Waals surface area contributed by atoms with Gasteiger partial charge in [-0.25, -0.2) is 0 Å². The van der Waals surface area contributed by atoms with E-state index in [0.717, 1.165) is 48.2 Å². The lowest BCUT2D eigenvalue weighted by atomic mass is 10.0. The van der Waals surface area contributed by atoms with Gasteiger partial charge in [-0.2, -0.15) is 0 Å². The van der Waals surface area contributed by atoms with Crippen molar-refractivity contribution in [1.29, 1.82) is 0 Å². The van der Waals surface area contributed by atoms with E-state index < -0.39 is 0 Å². The Morgan fingerprint density at radius 3 is 2.65 bits per heavy atom. The zero-order chi connectivity index (χ0) is 16.2. The normalized spacial score (nSPS) is 16.4. The summed E-state index contributed by atoms with van der Waals surface area (Å²) in [6.45, 7) is 9.24. The highest BCUT2D eigenvalue weighted by Gasteiger charge is 2.20. The van der Waals surface area contributed by atoms with Crippen LogP contribution in [0.25, 0.3) is 10.6 Å². The smallest absolute Gasteiger partial charge is 0.206 e. The van der Waals surface area contributed by atoms with Crippen LogP contribution < -0.4 is 5.32 Å². The number of piperidine rings is 1. The number of likely N-dealkylation sites (tertiary alicyclic amines) is 1. The maximum atomic E-state index is 9.35. The summed E-state index contributed by atoms with van der Waals surface area (Å²) < 4.78 is 0. The molecule has 0 unspecified atom stereocenters. The Balaban J connectivity index is 1.56. The Bertz CT molecular complexity index is 659. The van der Waals surface area contributed by atoms with E-state index in [0.29, 0.717) is 6.04 Å². The van der Waals surface area contributed by atoms with E-state index in [1.54, 1.807) is 23.5 Å². The average molecular weight is 330 g/mol. The third kappa shape index (κ3) is 4.30. The van der Waals surface area contributed by atoms with Gasteiger partial charge in [-0.1, -0.05) is 23.5 Å². The summed E-state index contributed by atoms with van der Waals surface area (Å²) in [6.07, 6.45) is 2.23. The number of phenols is 1. The summed E-state index contributed by atoms with van der Waals surface area (Å²) in [4.78, 5) is 2.45. The van der Waals surface area contributed by atoms with Gasteiger partial charge in [0, 0.05) is 31.2 Å². The summed E-state index contributed by atoms with van der Waals surface area (Å²) in [5.74, 6) is 0.262. The first-order valence-corrected chi connectivity index (χ1v) is 8.68. The number of anilines is 1. The molecule has 3 rings (SSSR count). The number of benzene rings is 1. The largest absolute Gasteiger partial charge is 0.508 e. The first-order valence-electron chi connectivity index (χ1n) is 7.86. The highest BCUT2D eigenvalue weighted by Crippen LogP contribution is 2.28. The second kappa shape index (κ2) is 7.10. The van der Waals surface area contributed by atoms with Crippen LogP contribution in [0.2, 0.25) is 0 Å². The summed E-state index contributed by atoms with van der Waals surface area (Å²) in [5.41, 5.74) is 2.20. The molecule has 0 saturated carbocycles. The number of nitrogens with zero attached hydrogens (tertiary/aromatic N) is 3. The first-order chi connectivity index (χ1) is 11.1. The van der Waals surface area contributed by atoms with Crippen molar-refractivity contribution in [3.63, 3.8) is 0 Å². The van der Waals surface area contributed by atoms with E-state index in [-0.39, 0.29) is 5.75 Å². The lowest BCUT2D eigenvalue weighted by Crippen LogP contribution is -2.39. The van der Waals surface area contributed by atoms with Crippen LogP contribution in [-0.2, 0) is 0 Å². The van der Waals surface area contributed by atoms with Crippen LogP contribution in [0.5, 0.6) is 5.75 Å². The molecule has 0 aliphatic carbocycles. The molecule has 0 atom stereocenters. The molecule has 2 N–H and O–H groups in total. The maximum absolute atomic E-state index is 9.35. The monoisotopic (exact) mass is 330 g/mol. The summed E-state index contributed by atoms with van der Waals surface area (Å²) in [6, 6.07) is 7.50. The van der Waals surface area contributed by atoms with Crippen molar-refractivity contribution < 1.29 is 5.11 Å². The molecule has 1 aliphatic heterocycles. The quantitative estimate of drug-likeness (QED) is 0.823. The molecular formula is C17H22N4OS. The molecule has 2 aromatic rings. The molecule has 0 radical (unpaired) electrons. The average Bonchev–Trinajstić information content (AvgIpc) is 2.98. The number of hydrogen-bond donors (Lipinski definition) is 2. The lowest BCUT2D eigenvalue weighted by molar-refractivity contribution is 0.236. The van der Waals surface area contributed by atoms with Gasteiger partial charge in [-0.15, -0.1) is 10.2 Å². The first kappa shape index (κ1) is 16.0. The number of aromatic hydroxyl groups is 1. The molecule has 1 fully saturated rings. The lowest BCUT2D eigenvalue weighted by Gasteiger charge is -2.32. The van der Waals surface area contributed by atoms with Gasteiger partial charge in [-0.3, -0.25) is 4.90 Å². The fourth-order valence-corrected chi connectivity index (χ4v) is 3.62. The molecule has 0 bridgehead atoms. The Labute approximate surface area is 140 Å². The van der Waals surface area contributed by atoms with Crippen LogP contribution in [0.1, 0.15) is 19.8 Å². The van der Waals surface area contributed by atoms with Crippen LogP contribution in [0.4, 0.5) is 5.13 Å². The predicted molar refractivity (Wildman–Crippen MR) is 94.9 cm³/mol. The minimum atomic E-state index is 0.262. The van der Waals surface area contributed by atoms with Crippen molar-refractivity contribution >= 4 is 16.5 Å². The van der Waals surface area contributed by atoms with Crippen molar-refractivity contribution in [2.75, 3.05) is 25.0 Å². The molecule has 2 heterocycles. The Morgan fingerprint density at radius 1 is 1.30 bits per heavy atom. The fraction of sp³-hybridized carbons (Fsp3) is 0.412. The topological polar surface area (TPSA) is 61.3 Å². The second-order valence-corrected chi connectivity index (χ2v) is 7.09. The Kier molecular flexibility index (Phi) is 4.93. The van der Waals surface area contributed by atoms with Crippen molar-refractivity contribution in [1.82, 2.24) is 15.1 Å². The Morgan fingerprint density at radius 2 is 2.00 bits per heavy atom. The van der Waals surface area contributed by atoms with E-state index in [4.69, 9.17) is 0 Å². The predicted octanol–water partition coefficient (Wildman–Crippen LogP) is 3.36. The highest BCUT2D eigenvalue weighted by atomic mass is 32.1. The second-order valence-electron chi connectivity index (χ2n) is 6.11. The molecule has 23 heavy (non-hydrogen) atoms. The fourth-order valence-electron chi connectivity index (χ4n) is 2.79. The van der Waals surface area contributed by atoms with Crippen LogP contribution in [0.15, 0.2) is 36.4 Å². The van der Waals surface area contributed by atoms with Gasteiger partial charge in [0.1, 0.15) is 10.8 Å². The molecule has 0 amide bonds. The van der Waals surface area contributed by atoms with Crippen LogP contribution >= 0.6 is 11.3 Å². The standard InChI is InChI=1S/C17H22N4OS/c1-12(2)11-21-9-7-14(8-10-21)18-17-20-19-16(23-17)13-3-5-15(22)6-4-13/h3-6,14,22H,1,7-11H2,2H3,(H,18,20). The summed E-state index contributed by atoms with van der Waals surface area (Å²) >= 11 is 1.55. The molecule has 1 aromatic carbocycles. The third-order valence-corrected chi connectivity index (χ3v) is 4.85. The van der Waals surface area contributed by atoms with Crippen molar-refractivity contribution in [3.05, 3.63) is 36.4 Å². The van der Waals surface area contributed by atoms with Crippen molar-refractivity contribution in [2.45, 2.75) is 25.8 Å². The number of nitrogens with one attached hydrogen (secondary N) is 1. The van der Waals surface area contributed by atoms with Gasteiger partial charge in [0.2, 0.25) is 5.13 Å². The number of rotatable bonds is 5. The van der Waals surface area contributed by atoms with Gasteiger partial charge in [0.25, 0.3) is 0 Å². The van der Waals surface area contributed by atoms with Gasteiger partial charge >= 0.3 is 0 Å². The highest BCUT2D eigenvalue weighted by molar-refractivity contribution is 7.18. The van der Waals surface area contributed by atoms with E-state index in [1.807, 2.05) is 12.1 Å². The zero-order valence-electron chi connectivity index (χ0n) is 13.3. The molecule has 6 heteroatoms. The summed E-state index contributed by atoms with van der Waals surface area (Å²) in [7, 11) is 0. The number of hydrogen-bond acceptors (Lipinski definition) is 6. The van der Waals surface area contributed by atoms with Crippen molar-refractivity contribution in [3.8, 4) is 16.3 Å². The minimum Gasteiger partial charge on any atom is -0.508 e. The molecule has 1 saturated heterocycles. The maximum Gasteiger partial charge on any atom is 0.206 e. The third-order valence-electron chi connectivity index (χ3n) is 3.95. The van der Waals surface area contributed by atoms with Crippen LogP contribution in [0.3, 0.4) is 0 Å². The molecule has 122 valence electrons. The van der Waals surface area contributed by atoms with Gasteiger partial charge in [-0.05, 0) is 44.0 Å². The van der Waals surface area contributed by atoms with Gasteiger partial charge in [0.15, 0.2) is 0 Å². The number of aromatic nitrogens is 2. The molecule has 0 spiro atoms. The molecule has 1 aromatic heterocycles. The summed E-state index contributed by atoms with van der Waals surface area (Å²) in [5, 5.41) is 23.1. The van der Waals surface area contributed by atoms with Crippen LogP contribution in [0, 0.1) is 0 Å². The molecule has 1 aliphatic rings. The van der Waals surface area contributed by atoms with E-state index in [2.05, 4.69) is 33.9 Å². The van der Waals surface area contributed by atoms with E-state index in [9.17, 15) is 5.11 Å². The van der Waals surface area contributed by atoms with Crippen molar-refractivity contribution in [2.24, 2.45) is 0 Å². The molecule has 5 nitrogen and oxygen atoms in total. The van der Waals surface area contributed by atoms with E-state index >= 15 is 0 Å². The zero-order valence-corrected chi connectivity index (χ0v) is 14.1. The Hall–Kier alpha value is -1.92. The SMILES string of the molecule is C=C(C)CN1CCC(Nc2nnc(-c3ccc(O)cc3)s2)CC1. The van der Waals surface area contributed by atoms with Crippen LogP contribution in [-0.4, -0.2) is 45.9 Å². The van der Waals surface area contributed by atoms with E-state index in [1.165, 1.54) is 5.57 Å². The number of phenolic OH excluding ortho intramolecular Hbond substituents is 1. The molecular weight excluding hydrogens is 308 g/mol. The minimum absolute atomic E-state index is 0.262.